The van der Waals surface area contributed by atoms with Crippen LogP contribution in [0.15, 0.2) is 0 Å². The summed E-state index contributed by atoms with van der Waals surface area (Å²) in [4.78, 5) is 11.3. The molecule has 0 radical (unpaired) electrons. The van der Waals surface area contributed by atoms with Crippen molar-refractivity contribution in [1.29, 1.82) is 0 Å². The molecule has 1 saturated carbocycles. The van der Waals surface area contributed by atoms with E-state index in [9.17, 15) is 4.79 Å². The van der Waals surface area contributed by atoms with Gasteiger partial charge in [-0.05, 0) is 25.7 Å². The first-order valence-corrected chi connectivity index (χ1v) is 5.79. The lowest BCUT2D eigenvalue weighted by Gasteiger charge is -2.15. The first-order chi connectivity index (χ1) is 6.76. The van der Waals surface area contributed by atoms with Crippen molar-refractivity contribution in [3.05, 3.63) is 0 Å². The Bertz CT molecular complexity index is 178. The summed E-state index contributed by atoms with van der Waals surface area (Å²) in [6.07, 6.45) is 5.77. The van der Waals surface area contributed by atoms with E-state index in [1.807, 2.05) is 0 Å². The zero-order chi connectivity index (χ0) is 10.4. The molecular weight excluding hydrogens is 176 g/mol. The molecule has 0 aromatic carbocycles. The zero-order valence-electron chi connectivity index (χ0n) is 9.31. The molecular formula is C11H22N2O. The molecule has 1 amide bonds. The van der Waals surface area contributed by atoms with Crippen LogP contribution in [0.3, 0.4) is 0 Å². The lowest BCUT2D eigenvalue weighted by molar-refractivity contribution is -0.120. The highest BCUT2D eigenvalue weighted by Gasteiger charge is 2.23. The third-order valence-corrected chi connectivity index (χ3v) is 2.62. The van der Waals surface area contributed by atoms with E-state index in [0.717, 1.165) is 25.7 Å². The molecule has 14 heavy (non-hydrogen) atoms. The van der Waals surface area contributed by atoms with E-state index >= 15 is 0 Å². The molecule has 1 unspecified atom stereocenters. The molecule has 1 aliphatic rings. The van der Waals surface area contributed by atoms with E-state index < -0.39 is 0 Å². The lowest BCUT2D eigenvalue weighted by Crippen LogP contribution is -2.39. The Balaban J connectivity index is 2.06. The topological polar surface area (TPSA) is 41.1 Å². The highest BCUT2D eigenvalue weighted by Crippen LogP contribution is 2.18. The maximum absolute atomic E-state index is 11.3. The Hall–Kier alpha value is -0.570. The molecule has 0 aromatic rings. The lowest BCUT2D eigenvalue weighted by atomic mass is 10.1. The summed E-state index contributed by atoms with van der Waals surface area (Å²) in [6, 6.07) is 0.987. The third kappa shape index (κ3) is 4.61. The average Bonchev–Trinajstić information content (AvgIpc) is 2.96. The molecule has 3 nitrogen and oxygen atoms in total. The van der Waals surface area contributed by atoms with Gasteiger partial charge in [-0.25, -0.2) is 0 Å². The third-order valence-electron chi connectivity index (χ3n) is 2.62. The van der Waals surface area contributed by atoms with Crippen LogP contribution in [-0.2, 0) is 4.79 Å². The monoisotopic (exact) mass is 198 g/mol. The fraction of sp³-hybridized carbons (Fsp3) is 0.909. The molecule has 0 aromatic heterocycles. The number of hydrogen-bond donors (Lipinski definition) is 2. The second-order valence-corrected chi connectivity index (χ2v) is 4.12. The van der Waals surface area contributed by atoms with Gasteiger partial charge in [0.1, 0.15) is 0 Å². The molecule has 0 saturated heterocycles. The normalized spacial score (nSPS) is 17.9. The van der Waals surface area contributed by atoms with Crippen LogP contribution >= 0.6 is 0 Å². The minimum Gasteiger partial charge on any atom is -0.352 e. The van der Waals surface area contributed by atoms with Gasteiger partial charge in [0.15, 0.2) is 0 Å². The summed E-state index contributed by atoms with van der Waals surface area (Å²) in [7, 11) is 0. The van der Waals surface area contributed by atoms with Gasteiger partial charge in [-0.2, -0.15) is 0 Å². The molecule has 1 rings (SSSR count). The van der Waals surface area contributed by atoms with Crippen LogP contribution in [0.4, 0.5) is 0 Å². The fourth-order valence-corrected chi connectivity index (χ4v) is 1.54. The number of nitrogens with one attached hydrogen (secondary N) is 2. The maximum Gasteiger partial charge on any atom is 0.234 e. The highest BCUT2D eigenvalue weighted by atomic mass is 16.2. The minimum atomic E-state index is 0.155. The van der Waals surface area contributed by atoms with Crippen LogP contribution in [0.25, 0.3) is 0 Å². The Morgan fingerprint density at radius 3 is 2.64 bits per heavy atom. The van der Waals surface area contributed by atoms with E-state index in [2.05, 4.69) is 24.5 Å². The van der Waals surface area contributed by atoms with Crippen LogP contribution in [0, 0.1) is 0 Å². The van der Waals surface area contributed by atoms with Gasteiger partial charge in [-0.1, -0.05) is 20.3 Å². The number of carbonyl (C=O) groups is 1. The number of rotatable bonds is 7. The van der Waals surface area contributed by atoms with Crippen molar-refractivity contribution < 1.29 is 4.79 Å². The van der Waals surface area contributed by atoms with Crippen LogP contribution in [0.5, 0.6) is 0 Å². The van der Waals surface area contributed by atoms with Crippen LogP contribution in [-0.4, -0.2) is 24.5 Å². The standard InChI is InChI=1S/C11H22N2O/c1-3-5-9(4-2)12-8-11(14)13-10-6-7-10/h9-10,12H,3-8H2,1-2H3,(H,13,14). The van der Waals surface area contributed by atoms with E-state index in [4.69, 9.17) is 0 Å². The van der Waals surface area contributed by atoms with Crippen molar-refractivity contribution in [3.63, 3.8) is 0 Å². The van der Waals surface area contributed by atoms with Gasteiger partial charge in [0, 0.05) is 12.1 Å². The molecule has 0 heterocycles. The van der Waals surface area contributed by atoms with Crippen molar-refractivity contribution in [2.75, 3.05) is 6.54 Å². The molecule has 3 heteroatoms. The predicted octanol–water partition coefficient (Wildman–Crippen LogP) is 1.43. The average molecular weight is 198 g/mol. The molecule has 0 aliphatic heterocycles. The van der Waals surface area contributed by atoms with Gasteiger partial charge in [-0.15, -0.1) is 0 Å². The summed E-state index contributed by atoms with van der Waals surface area (Å²) in [5.41, 5.74) is 0. The summed E-state index contributed by atoms with van der Waals surface area (Å²) < 4.78 is 0. The van der Waals surface area contributed by atoms with Crippen molar-refractivity contribution in [2.45, 2.75) is 58.0 Å². The quantitative estimate of drug-likeness (QED) is 0.650. The smallest absolute Gasteiger partial charge is 0.234 e. The van der Waals surface area contributed by atoms with Crippen molar-refractivity contribution >= 4 is 5.91 Å². The van der Waals surface area contributed by atoms with E-state index in [1.165, 1.54) is 6.42 Å². The molecule has 1 atom stereocenters. The summed E-state index contributed by atoms with van der Waals surface area (Å²) in [5, 5.41) is 6.27. The SMILES string of the molecule is CCCC(CC)NCC(=O)NC1CC1. The van der Waals surface area contributed by atoms with Crippen LogP contribution in [0.1, 0.15) is 46.0 Å². The van der Waals surface area contributed by atoms with E-state index in [0.29, 0.717) is 18.6 Å². The van der Waals surface area contributed by atoms with Crippen molar-refractivity contribution in [1.82, 2.24) is 10.6 Å². The fourth-order valence-electron chi connectivity index (χ4n) is 1.54. The Morgan fingerprint density at radius 2 is 2.14 bits per heavy atom. The van der Waals surface area contributed by atoms with Gasteiger partial charge < -0.3 is 10.6 Å². The minimum absolute atomic E-state index is 0.155. The Morgan fingerprint density at radius 1 is 1.43 bits per heavy atom. The molecule has 1 aliphatic carbocycles. The van der Waals surface area contributed by atoms with Gasteiger partial charge in [-0.3, -0.25) is 4.79 Å². The molecule has 2 N–H and O–H groups in total. The summed E-state index contributed by atoms with van der Waals surface area (Å²) in [6.45, 7) is 4.82. The first-order valence-electron chi connectivity index (χ1n) is 5.79. The number of hydrogen-bond acceptors (Lipinski definition) is 2. The van der Waals surface area contributed by atoms with Crippen LogP contribution < -0.4 is 10.6 Å². The molecule has 1 fully saturated rings. The Kier molecular flexibility index (Phi) is 4.94. The highest BCUT2D eigenvalue weighted by molar-refractivity contribution is 5.78. The van der Waals surface area contributed by atoms with Gasteiger partial charge in [0.25, 0.3) is 0 Å². The number of amides is 1. The summed E-state index contributed by atoms with van der Waals surface area (Å²) >= 11 is 0. The Labute approximate surface area is 86.6 Å². The van der Waals surface area contributed by atoms with Crippen molar-refractivity contribution in [3.8, 4) is 0 Å². The van der Waals surface area contributed by atoms with E-state index in [1.54, 1.807) is 0 Å². The zero-order valence-corrected chi connectivity index (χ0v) is 9.31. The molecule has 82 valence electrons. The largest absolute Gasteiger partial charge is 0.352 e. The second-order valence-electron chi connectivity index (χ2n) is 4.12. The number of carbonyl (C=O) groups excluding carboxylic acids is 1. The van der Waals surface area contributed by atoms with Crippen LogP contribution in [0.2, 0.25) is 0 Å². The van der Waals surface area contributed by atoms with E-state index in [-0.39, 0.29) is 5.91 Å². The van der Waals surface area contributed by atoms with Gasteiger partial charge >= 0.3 is 0 Å². The molecule has 0 bridgehead atoms. The summed E-state index contributed by atoms with van der Waals surface area (Å²) in [5.74, 6) is 0.155. The van der Waals surface area contributed by atoms with Gasteiger partial charge in [0.05, 0.1) is 6.54 Å². The predicted molar refractivity (Wildman–Crippen MR) is 58.2 cm³/mol. The van der Waals surface area contributed by atoms with Gasteiger partial charge in [0.2, 0.25) is 5.91 Å². The second kappa shape index (κ2) is 6.02. The maximum atomic E-state index is 11.3. The first kappa shape index (κ1) is 11.5. The molecule has 0 spiro atoms. The van der Waals surface area contributed by atoms with Crippen molar-refractivity contribution in [2.24, 2.45) is 0 Å².